The molecule has 0 radical (unpaired) electrons. The lowest BCUT2D eigenvalue weighted by Crippen LogP contribution is -2.19. The molecule has 1 saturated carbocycles. The molecule has 1 amide bonds. The summed E-state index contributed by atoms with van der Waals surface area (Å²) in [6, 6.07) is 4.09. The number of carbonyl (C=O) groups excluding carboxylic acids is 1. The first-order chi connectivity index (χ1) is 13.0. The first-order valence-electron chi connectivity index (χ1n) is 8.52. The summed E-state index contributed by atoms with van der Waals surface area (Å²) in [5, 5.41) is 22.3. The van der Waals surface area contributed by atoms with Gasteiger partial charge in [0.05, 0.1) is 10.7 Å². The quantitative estimate of drug-likeness (QED) is 0.323. The Morgan fingerprint density at radius 3 is 2.81 bits per heavy atom. The summed E-state index contributed by atoms with van der Waals surface area (Å²) in [4.78, 5) is 22.5. The van der Waals surface area contributed by atoms with Gasteiger partial charge in [-0.25, -0.2) is 4.68 Å². The Bertz CT molecular complexity index is 853. The summed E-state index contributed by atoms with van der Waals surface area (Å²) in [5.74, 6) is 6.88. The molecule has 1 aromatic heterocycles. The van der Waals surface area contributed by atoms with Crippen molar-refractivity contribution in [3.8, 4) is 0 Å². The molecule has 11 heteroatoms. The molecule has 144 valence electrons. The lowest BCUT2D eigenvalue weighted by atomic mass is 9.89. The molecule has 0 aliphatic heterocycles. The summed E-state index contributed by atoms with van der Waals surface area (Å²) >= 11 is 6.93. The molecule has 9 nitrogen and oxygen atoms in total. The van der Waals surface area contributed by atoms with E-state index in [1.807, 2.05) is 0 Å². The molecule has 2 aromatic rings. The van der Waals surface area contributed by atoms with Gasteiger partial charge in [-0.3, -0.25) is 14.9 Å². The zero-order valence-electron chi connectivity index (χ0n) is 14.4. The lowest BCUT2D eigenvalue weighted by molar-refractivity contribution is -0.384. The third kappa shape index (κ3) is 4.69. The molecule has 0 atom stereocenters. The van der Waals surface area contributed by atoms with E-state index in [0.29, 0.717) is 16.8 Å². The van der Waals surface area contributed by atoms with Gasteiger partial charge in [0.1, 0.15) is 5.02 Å². The Balaban J connectivity index is 1.59. The van der Waals surface area contributed by atoms with E-state index >= 15 is 0 Å². The van der Waals surface area contributed by atoms with Gasteiger partial charge in [0.15, 0.2) is 5.82 Å². The predicted molar refractivity (Wildman–Crippen MR) is 103 cm³/mol. The maximum atomic E-state index is 12.1. The van der Waals surface area contributed by atoms with Crippen LogP contribution in [0.1, 0.15) is 43.8 Å². The van der Waals surface area contributed by atoms with Crippen molar-refractivity contribution < 1.29 is 9.72 Å². The van der Waals surface area contributed by atoms with Crippen LogP contribution in [0.4, 0.5) is 11.4 Å². The fourth-order valence-electron chi connectivity index (χ4n) is 3.08. The molecule has 27 heavy (non-hydrogen) atoms. The van der Waals surface area contributed by atoms with E-state index in [9.17, 15) is 14.9 Å². The molecule has 1 heterocycles. The number of hydrogen-bond acceptors (Lipinski definition) is 7. The average molecular weight is 411 g/mol. The number of nitro groups is 1. The summed E-state index contributed by atoms with van der Waals surface area (Å²) in [5.41, 5.74) is 0.0368. The molecule has 3 N–H and O–H groups in total. The molecule has 1 aromatic carbocycles. The highest BCUT2D eigenvalue weighted by atomic mass is 35.5. The SMILES string of the molecule is Nn1c(SCC(=O)Nc2ccc(Cl)c([N+](=O)[O-])c2)nnc1C1CCCCC1. The number of halogens is 1. The van der Waals surface area contributed by atoms with Crippen molar-refractivity contribution in [2.75, 3.05) is 16.9 Å². The van der Waals surface area contributed by atoms with Gasteiger partial charge in [-0.15, -0.1) is 10.2 Å². The summed E-state index contributed by atoms with van der Waals surface area (Å²) in [6.07, 6.45) is 5.66. The Morgan fingerprint density at radius 1 is 1.37 bits per heavy atom. The molecule has 1 aliphatic rings. The minimum absolute atomic E-state index is 0.0128. The average Bonchev–Trinajstić information content (AvgIpc) is 3.02. The number of thioether (sulfide) groups is 1. The molecule has 0 saturated heterocycles. The second-order valence-electron chi connectivity index (χ2n) is 6.31. The smallest absolute Gasteiger partial charge is 0.289 e. The maximum Gasteiger partial charge on any atom is 0.289 e. The number of nitrogens with zero attached hydrogens (tertiary/aromatic N) is 4. The van der Waals surface area contributed by atoms with Crippen molar-refractivity contribution in [3.05, 3.63) is 39.2 Å². The third-order valence-electron chi connectivity index (χ3n) is 4.42. The van der Waals surface area contributed by atoms with Crippen molar-refractivity contribution in [2.45, 2.75) is 43.2 Å². The molecule has 0 unspecified atom stereocenters. The number of nitrogen functional groups attached to an aromatic ring is 1. The van der Waals surface area contributed by atoms with Crippen LogP contribution in [-0.2, 0) is 4.79 Å². The van der Waals surface area contributed by atoms with Crippen LogP contribution in [-0.4, -0.2) is 31.5 Å². The minimum Gasteiger partial charge on any atom is -0.336 e. The van der Waals surface area contributed by atoms with Crippen LogP contribution >= 0.6 is 23.4 Å². The first-order valence-corrected chi connectivity index (χ1v) is 9.89. The Kier molecular flexibility index (Phi) is 6.17. The van der Waals surface area contributed by atoms with Crippen LogP contribution in [0.15, 0.2) is 23.4 Å². The Labute approximate surface area is 164 Å². The predicted octanol–water partition coefficient (Wildman–Crippen LogP) is 3.33. The number of anilines is 1. The van der Waals surface area contributed by atoms with Crippen molar-refractivity contribution in [1.29, 1.82) is 0 Å². The van der Waals surface area contributed by atoms with Gasteiger partial charge in [-0.1, -0.05) is 42.6 Å². The number of nitrogens with two attached hydrogens (primary N) is 1. The number of nitrogens with one attached hydrogen (secondary N) is 1. The van der Waals surface area contributed by atoms with Crippen LogP contribution in [0, 0.1) is 10.1 Å². The van der Waals surface area contributed by atoms with Gasteiger partial charge in [0.2, 0.25) is 11.1 Å². The number of nitro benzene ring substituents is 1. The number of amides is 1. The van der Waals surface area contributed by atoms with Gasteiger partial charge in [-0.05, 0) is 25.0 Å². The van der Waals surface area contributed by atoms with Crippen molar-refractivity contribution in [1.82, 2.24) is 14.9 Å². The molecule has 1 aliphatic carbocycles. The van der Waals surface area contributed by atoms with E-state index in [1.54, 1.807) is 0 Å². The number of aromatic nitrogens is 3. The molecule has 0 bridgehead atoms. The van der Waals surface area contributed by atoms with Crippen LogP contribution in [0.2, 0.25) is 5.02 Å². The zero-order valence-corrected chi connectivity index (χ0v) is 16.0. The van der Waals surface area contributed by atoms with Gasteiger partial charge in [-0.2, -0.15) is 0 Å². The first kappa shape index (κ1) is 19.4. The van der Waals surface area contributed by atoms with Gasteiger partial charge >= 0.3 is 0 Å². The molecule has 0 spiro atoms. The van der Waals surface area contributed by atoms with Crippen LogP contribution in [0.3, 0.4) is 0 Å². The normalized spacial score (nSPS) is 14.9. The Hall–Kier alpha value is -2.33. The second-order valence-corrected chi connectivity index (χ2v) is 7.66. The zero-order chi connectivity index (χ0) is 19.4. The fourth-order valence-corrected chi connectivity index (χ4v) is 3.93. The largest absolute Gasteiger partial charge is 0.336 e. The van der Waals surface area contributed by atoms with Crippen LogP contribution in [0.5, 0.6) is 0 Å². The van der Waals surface area contributed by atoms with Crippen LogP contribution in [0.25, 0.3) is 0 Å². The second kappa shape index (κ2) is 8.57. The fraction of sp³-hybridized carbons (Fsp3) is 0.438. The van der Waals surface area contributed by atoms with E-state index in [0.717, 1.165) is 31.5 Å². The highest BCUT2D eigenvalue weighted by Gasteiger charge is 2.23. The highest BCUT2D eigenvalue weighted by Crippen LogP contribution is 2.32. The minimum atomic E-state index is -0.601. The van der Waals surface area contributed by atoms with Crippen LogP contribution < -0.4 is 11.2 Å². The summed E-state index contributed by atoms with van der Waals surface area (Å²) in [6.45, 7) is 0. The van der Waals surface area contributed by atoms with Gasteiger partial charge in [0.25, 0.3) is 5.69 Å². The topological polar surface area (TPSA) is 129 Å². The van der Waals surface area contributed by atoms with Gasteiger partial charge in [0, 0.05) is 17.7 Å². The number of rotatable bonds is 6. The monoisotopic (exact) mass is 410 g/mol. The summed E-state index contributed by atoms with van der Waals surface area (Å²) in [7, 11) is 0. The van der Waals surface area contributed by atoms with E-state index in [4.69, 9.17) is 17.4 Å². The number of benzene rings is 1. The lowest BCUT2D eigenvalue weighted by Gasteiger charge is -2.20. The van der Waals surface area contributed by atoms with Gasteiger partial charge < -0.3 is 11.2 Å². The number of carbonyl (C=O) groups is 1. The van der Waals surface area contributed by atoms with Crippen molar-refractivity contribution >= 4 is 40.6 Å². The molecule has 3 rings (SSSR count). The summed E-state index contributed by atoms with van der Waals surface area (Å²) < 4.78 is 1.46. The van der Waals surface area contributed by atoms with E-state index < -0.39 is 4.92 Å². The molecule has 1 fully saturated rings. The highest BCUT2D eigenvalue weighted by molar-refractivity contribution is 7.99. The third-order valence-corrected chi connectivity index (χ3v) is 5.68. The number of hydrogen-bond donors (Lipinski definition) is 2. The van der Waals surface area contributed by atoms with Crippen molar-refractivity contribution in [2.24, 2.45) is 0 Å². The Morgan fingerprint density at radius 2 is 2.11 bits per heavy atom. The van der Waals surface area contributed by atoms with E-state index in [-0.39, 0.29) is 22.4 Å². The van der Waals surface area contributed by atoms with E-state index in [1.165, 1.54) is 41.1 Å². The van der Waals surface area contributed by atoms with E-state index in [2.05, 4.69) is 15.5 Å². The standard InChI is InChI=1S/C16H19ClN6O3S/c17-12-7-6-11(8-13(12)23(25)26)19-14(24)9-27-16-21-20-15(22(16)18)10-4-2-1-3-5-10/h6-8,10H,1-5,9,18H2,(H,19,24). The molecular weight excluding hydrogens is 392 g/mol. The van der Waals surface area contributed by atoms with Crippen molar-refractivity contribution in [3.63, 3.8) is 0 Å². The molecular formula is C16H19ClN6O3S. The maximum absolute atomic E-state index is 12.1.